The summed E-state index contributed by atoms with van der Waals surface area (Å²) in [6, 6.07) is 12.7. The van der Waals surface area contributed by atoms with E-state index in [0.29, 0.717) is 35.2 Å². The predicted molar refractivity (Wildman–Crippen MR) is 120 cm³/mol. The van der Waals surface area contributed by atoms with Crippen molar-refractivity contribution in [3.8, 4) is 17.2 Å². The number of aryl methyl sites for hydroxylation is 1. The van der Waals surface area contributed by atoms with E-state index in [1.807, 2.05) is 38.1 Å². The standard InChI is InChI=1S/C23H22BrN3O4/c1-4-31-18-10-5-14(11-19(18)30-3)22(29)17-12-20(28)25-23-21(17)13(2)26-27(23)16-8-6-15(24)7-9-16/h5-11,17H,4,12H2,1-3H3,(H,25,28)/t17-/m0/s1. The number of nitrogens with one attached hydrogen (secondary N) is 1. The minimum absolute atomic E-state index is 0.0637. The second-order valence-electron chi connectivity index (χ2n) is 7.20. The molecule has 0 fully saturated rings. The van der Waals surface area contributed by atoms with Crippen molar-refractivity contribution < 1.29 is 19.1 Å². The zero-order valence-corrected chi connectivity index (χ0v) is 19.0. The molecule has 1 aliphatic rings. The first-order valence-corrected chi connectivity index (χ1v) is 10.7. The van der Waals surface area contributed by atoms with Gasteiger partial charge in [-0.3, -0.25) is 9.59 Å². The molecule has 0 aliphatic carbocycles. The molecule has 0 saturated heterocycles. The third-order valence-electron chi connectivity index (χ3n) is 5.24. The Balaban J connectivity index is 1.76. The summed E-state index contributed by atoms with van der Waals surface area (Å²) in [4.78, 5) is 26.0. The number of hydrogen-bond donors (Lipinski definition) is 1. The Morgan fingerprint density at radius 2 is 1.97 bits per heavy atom. The molecule has 2 aromatic carbocycles. The van der Waals surface area contributed by atoms with Crippen molar-refractivity contribution in [2.24, 2.45) is 0 Å². The highest BCUT2D eigenvalue weighted by molar-refractivity contribution is 9.10. The maximum Gasteiger partial charge on any atom is 0.226 e. The molecular weight excluding hydrogens is 462 g/mol. The highest BCUT2D eigenvalue weighted by Gasteiger charge is 2.36. The number of ketones is 1. The van der Waals surface area contributed by atoms with Gasteiger partial charge in [0, 0.05) is 22.0 Å². The molecule has 1 aromatic heterocycles. The summed E-state index contributed by atoms with van der Waals surface area (Å²) in [7, 11) is 1.53. The number of anilines is 1. The number of carbonyl (C=O) groups is 2. The van der Waals surface area contributed by atoms with Crippen LogP contribution < -0.4 is 14.8 Å². The molecule has 31 heavy (non-hydrogen) atoms. The van der Waals surface area contributed by atoms with Crippen LogP contribution in [0.15, 0.2) is 46.9 Å². The molecule has 4 rings (SSSR count). The molecule has 0 unspecified atom stereocenters. The predicted octanol–water partition coefficient (Wildman–Crippen LogP) is 4.66. The monoisotopic (exact) mass is 483 g/mol. The SMILES string of the molecule is CCOc1ccc(C(=O)[C@H]2CC(=O)Nc3c2c(C)nn3-c2ccc(Br)cc2)cc1OC. The van der Waals surface area contributed by atoms with E-state index in [1.54, 1.807) is 22.9 Å². The molecule has 7 nitrogen and oxygen atoms in total. The quantitative estimate of drug-likeness (QED) is 0.515. The Labute approximate surface area is 188 Å². The minimum atomic E-state index is -0.629. The van der Waals surface area contributed by atoms with Crippen LogP contribution in [0.1, 0.15) is 40.9 Å². The summed E-state index contributed by atoms with van der Waals surface area (Å²) in [5.74, 6) is 0.583. The fraction of sp³-hybridized carbons (Fsp3) is 0.261. The van der Waals surface area contributed by atoms with E-state index >= 15 is 0 Å². The van der Waals surface area contributed by atoms with Crippen molar-refractivity contribution in [3.63, 3.8) is 0 Å². The van der Waals surface area contributed by atoms with Crippen LogP contribution in [0, 0.1) is 6.92 Å². The fourth-order valence-electron chi connectivity index (χ4n) is 3.84. The van der Waals surface area contributed by atoms with Crippen LogP contribution in [-0.4, -0.2) is 35.2 Å². The number of carbonyl (C=O) groups excluding carboxylic acids is 2. The number of Topliss-reactive ketones (excluding diaryl/α,β-unsaturated/α-hetero) is 1. The van der Waals surface area contributed by atoms with Gasteiger partial charge in [-0.25, -0.2) is 4.68 Å². The number of nitrogens with zero attached hydrogens (tertiary/aromatic N) is 2. The smallest absolute Gasteiger partial charge is 0.226 e. The van der Waals surface area contributed by atoms with Crippen LogP contribution in [0.4, 0.5) is 5.82 Å². The largest absolute Gasteiger partial charge is 0.493 e. The lowest BCUT2D eigenvalue weighted by molar-refractivity contribution is -0.116. The Kier molecular flexibility index (Phi) is 5.82. The lowest BCUT2D eigenvalue weighted by Crippen LogP contribution is -2.28. The molecule has 0 radical (unpaired) electrons. The second kappa shape index (κ2) is 8.55. The van der Waals surface area contributed by atoms with Gasteiger partial charge in [-0.2, -0.15) is 5.10 Å². The van der Waals surface area contributed by atoms with Crippen LogP contribution in [0.2, 0.25) is 0 Å². The van der Waals surface area contributed by atoms with Gasteiger partial charge in [0.1, 0.15) is 5.82 Å². The maximum absolute atomic E-state index is 13.5. The number of ether oxygens (including phenoxy) is 2. The topological polar surface area (TPSA) is 82.5 Å². The van der Waals surface area contributed by atoms with Crippen LogP contribution in [0.3, 0.4) is 0 Å². The zero-order valence-electron chi connectivity index (χ0n) is 17.4. The number of benzene rings is 2. The molecule has 0 spiro atoms. The van der Waals surface area contributed by atoms with Crippen molar-refractivity contribution >= 4 is 33.4 Å². The number of fused-ring (bicyclic) bond motifs is 1. The summed E-state index contributed by atoms with van der Waals surface area (Å²) in [5.41, 5.74) is 2.69. The van der Waals surface area contributed by atoms with Gasteiger partial charge < -0.3 is 14.8 Å². The first-order chi connectivity index (χ1) is 14.9. The summed E-state index contributed by atoms with van der Waals surface area (Å²) >= 11 is 3.43. The molecule has 1 N–H and O–H groups in total. The van der Waals surface area contributed by atoms with E-state index in [2.05, 4.69) is 26.3 Å². The highest BCUT2D eigenvalue weighted by atomic mass is 79.9. The molecule has 0 bridgehead atoms. The van der Waals surface area contributed by atoms with Crippen LogP contribution in [0.5, 0.6) is 11.5 Å². The first-order valence-electron chi connectivity index (χ1n) is 9.93. The Hall–Kier alpha value is -3.13. The van der Waals surface area contributed by atoms with E-state index in [1.165, 1.54) is 7.11 Å². The van der Waals surface area contributed by atoms with Gasteiger partial charge in [0.15, 0.2) is 17.3 Å². The average molecular weight is 484 g/mol. The van der Waals surface area contributed by atoms with E-state index in [0.717, 1.165) is 15.7 Å². The molecule has 3 aromatic rings. The average Bonchev–Trinajstić information content (AvgIpc) is 3.09. The Bertz CT molecular complexity index is 1150. The van der Waals surface area contributed by atoms with Crippen molar-refractivity contribution in [2.45, 2.75) is 26.2 Å². The van der Waals surface area contributed by atoms with Gasteiger partial charge in [0.25, 0.3) is 0 Å². The number of halogens is 1. The maximum atomic E-state index is 13.5. The zero-order chi connectivity index (χ0) is 22.1. The number of rotatable bonds is 6. The van der Waals surface area contributed by atoms with Crippen molar-refractivity contribution in [1.29, 1.82) is 0 Å². The summed E-state index contributed by atoms with van der Waals surface area (Å²) in [6.45, 7) is 4.22. The summed E-state index contributed by atoms with van der Waals surface area (Å²) < 4.78 is 13.5. The third-order valence-corrected chi connectivity index (χ3v) is 5.77. The molecular formula is C23H22BrN3O4. The fourth-order valence-corrected chi connectivity index (χ4v) is 4.10. The van der Waals surface area contributed by atoms with Gasteiger partial charge in [-0.15, -0.1) is 0 Å². The molecule has 2 heterocycles. The van der Waals surface area contributed by atoms with Gasteiger partial charge in [-0.05, 0) is 56.3 Å². The lowest BCUT2D eigenvalue weighted by atomic mass is 9.85. The van der Waals surface area contributed by atoms with Crippen molar-refractivity contribution in [2.75, 3.05) is 19.0 Å². The van der Waals surface area contributed by atoms with Crippen LogP contribution in [0.25, 0.3) is 5.69 Å². The van der Waals surface area contributed by atoms with Gasteiger partial charge in [0.2, 0.25) is 5.91 Å². The van der Waals surface area contributed by atoms with E-state index in [4.69, 9.17) is 9.47 Å². The normalized spacial score (nSPS) is 15.2. The molecule has 1 amide bonds. The van der Waals surface area contributed by atoms with Gasteiger partial charge in [-0.1, -0.05) is 15.9 Å². The molecule has 1 aliphatic heterocycles. The Morgan fingerprint density at radius 3 is 2.65 bits per heavy atom. The molecule has 0 saturated carbocycles. The summed E-state index contributed by atoms with van der Waals surface area (Å²) in [6.07, 6.45) is 0.0637. The van der Waals surface area contributed by atoms with Crippen molar-refractivity contribution in [3.05, 3.63) is 63.8 Å². The van der Waals surface area contributed by atoms with Crippen molar-refractivity contribution in [1.82, 2.24) is 9.78 Å². The Morgan fingerprint density at radius 1 is 1.23 bits per heavy atom. The first kappa shape index (κ1) is 21.1. The molecule has 1 atom stereocenters. The van der Waals surface area contributed by atoms with Gasteiger partial charge in [0.05, 0.1) is 31.0 Å². The second-order valence-corrected chi connectivity index (χ2v) is 8.12. The number of hydrogen-bond acceptors (Lipinski definition) is 5. The molecule has 8 heteroatoms. The lowest BCUT2D eigenvalue weighted by Gasteiger charge is -2.23. The summed E-state index contributed by atoms with van der Waals surface area (Å²) in [5, 5.41) is 7.51. The minimum Gasteiger partial charge on any atom is -0.493 e. The number of methoxy groups -OCH3 is 1. The van der Waals surface area contributed by atoms with Crippen LogP contribution in [-0.2, 0) is 4.79 Å². The van der Waals surface area contributed by atoms with Gasteiger partial charge >= 0.3 is 0 Å². The van der Waals surface area contributed by atoms with E-state index in [-0.39, 0.29) is 18.1 Å². The highest BCUT2D eigenvalue weighted by Crippen LogP contribution is 2.39. The molecule has 160 valence electrons. The van der Waals surface area contributed by atoms with E-state index < -0.39 is 5.92 Å². The van der Waals surface area contributed by atoms with Crippen LogP contribution >= 0.6 is 15.9 Å². The third kappa shape index (κ3) is 3.95. The number of amides is 1. The van der Waals surface area contributed by atoms with E-state index in [9.17, 15) is 9.59 Å². The number of aromatic nitrogens is 2.